The zero-order valence-corrected chi connectivity index (χ0v) is 66.4. The number of phosphoric acid groups is 1. The third kappa shape index (κ3) is 84.0. The number of carbonyl (C=O) groups is 2. The molecule has 0 fully saturated rings. The van der Waals surface area contributed by atoms with Crippen molar-refractivity contribution in [2.24, 2.45) is 5.73 Å². The maximum atomic E-state index is 12.8. The van der Waals surface area contributed by atoms with Gasteiger partial charge in [0.05, 0.1) is 13.2 Å². The zero-order valence-electron chi connectivity index (χ0n) is 65.5. The summed E-state index contributed by atoms with van der Waals surface area (Å²) in [6, 6.07) is 0. The van der Waals surface area contributed by atoms with Gasteiger partial charge in [-0.05, 0) is 89.9 Å². The Morgan fingerprint density at radius 3 is 0.828 bits per heavy atom. The number of rotatable bonds is 82. The molecule has 0 aromatic carbocycles. The summed E-state index contributed by atoms with van der Waals surface area (Å²) >= 11 is 0. The molecule has 0 rings (SSSR count). The average molecular weight is 1410 g/mol. The van der Waals surface area contributed by atoms with Crippen LogP contribution in [-0.4, -0.2) is 49.3 Å². The molecule has 99 heavy (non-hydrogen) atoms. The number of unbranched alkanes of at least 4 members (excludes halogenated alkanes) is 55. The van der Waals surface area contributed by atoms with E-state index in [4.69, 9.17) is 24.3 Å². The Morgan fingerprint density at radius 2 is 0.556 bits per heavy atom. The van der Waals surface area contributed by atoms with Crippen molar-refractivity contribution >= 4 is 19.8 Å². The molecule has 2 unspecified atom stereocenters. The molecule has 0 aromatic rings. The number of nitrogens with two attached hydrogens (primary N) is 1. The molecule has 0 aliphatic heterocycles. The molecular formula is C89H164NO8P. The van der Waals surface area contributed by atoms with Crippen LogP contribution in [-0.2, 0) is 32.7 Å². The maximum Gasteiger partial charge on any atom is 0.472 e. The van der Waals surface area contributed by atoms with E-state index in [0.717, 1.165) is 70.6 Å². The van der Waals surface area contributed by atoms with Gasteiger partial charge in [0.2, 0.25) is 0 Å². The number of allylic oxidation sites excluding steroid dienone is 14. The smallest absolute Gasteiger partial charge is 0.462 e. The van der Waals surface area contributed by atoms with Crippen LogP contribution in [0.5, 0.6) is 0 Å². The Bertz CT molecular complexity index is 1910. The summed E-state index contributed by atoms with van der Waals surface area (Å²) in [5, 5.41) is 0. The van der Waals surface area contributed by atoms with Crippen molar-refractivity contribution in [1.82, 2.24) is 0 Å². The maximum absolute atomic E-state index is 12.8. The minimum atomic E-state index is -4.40. The second kappa shape index (κ2) is 84.1. The first-order valence-corrected chi connectivity index (χ1v) is 44.6. The van der Waals surface area contributed by atoms with Crippen LogP contribution in [0.15, 0.2) is 85.1 Å². The first kappa shape index (κ1) is 96.2. The molecular weight excluding hydrogens is 1240 g/mol. The van der Waals surface area contributed by atoms with Crippen LogP contribution in [0.4, 0.5) is 0 Å². The van der Waals surface area contributed by atoms with E-state index in [1.807, 2.05) is 0 Å². The molecule has 2 atom stereocenters. The van der Waals surface area contributed by atoms with Crippen LogP contribution in [0.2, 0.25) is 0 Å². The highest BCUT2D eigenvalue weighted by Gasteiger charge is 2.26. The molecule has 9 nitrogen and oxygen atoms in total. The van der Waals surface area contributed by atoms with Crippen molar-refractivity contribution in [3.05, 3.63) is 85.1 Å². The molecule has 0 amide bonds. The van der Waals surface area contributed by atoms with E-state index in [1.165, 1.54) is 334 Å². The Morgan fingerprint density at radius 1 is 0.313 bits per heavy atom. The van der Waals surface area contributed by atoms with Crippen LogP contribution < -0.4 is 5.73 Å². The van der Waals surface area contributed by atoms with E-state index < -0.39 is 26.5 Å². The van der Waals surface area contributed by atoms with Gasteiger partial charge in [-0.2, -0.15) is 0 Å². The molecule has 0 saturated heterocycles. The van der Waals surface area contributed by atoms with E-state index in [1.54, 1.807) is 0 Å². The molecule has 0 aromatic heterocycles. The first-order valence-electron chi connectivity index (χ1n) is 43.1. The van der Waals surface area contributed by atoms with Gasteiger partial charge in [-0.3, -0.25) is 18.6 Å². The van der Waals surface area contributed by atoms with Gasteiger partial charge in [0, 0.05) is 19.4 Å². The lowest BCUT2D eigenvalue weighted by molar-refractivity contribution is -0.161. The minimum absolute atomic E-state index is 0.0549. The van der Waals surface area contributed by atoms with E-state index in [-0.39, 0.29) is 38.6 Å². The van der Waals surface area contributed by atoms with Crippen molar-refractivity contribution in [2.45, 2.75) is 444 Å². The van der Waals surface area contributed by atoms with Crippen LogP contribution >= 0.6 is 7.82 Å². The van der Waals surface area contributed by atoms with Gasteiger partial charge in [0.1, 0.15) is 6.61 Å². The fraction of sp³-hybridized carbons (Fsp3) is 0.820. The normalized spacial score (nSPS) is 13.2. The summed E-state index contributed by atoms with van der Waals surface area (Å²) in [5.74, 6) is -0.803. The average Bonchev–Trinajstić information content (AvgIpc) is 1.35. The van der Waals surface area contributed by atoms with Gasteiger partial charge >= 0.3 is 19.8 Å². The molecule has 0 aliphatic rings. The number of carbonyl (C=O) groups excluding carboxylic acids is 2. The predicted molar refractivity (Wildman–Crippen MR) is 432 cm³/mol. The van der Waals surface area contributed by atoms with Crippen molar-refractivity contribution in [1.29, 1.82) is 0 Å². The number of phosphoric ester groups is 1. The summed E-state index contributed by atoms with van der Waals surface area (Å²) in [6.07, 6.45) is 115. The van der Waals surface area contributed by atoms with Gasteiger partial charge in [-0.15, -0.1) is 0 Å². The summed E-state index contributed by atoms with van der Waals surface area (Å²) in [7, 11) is -4.40. The zero-order chi connectivity index (χ0) is 71.5. The van der Waals surface area contributed by atoms with Gasteiger partial charge < -0.3 is 20.1 Å². The lowest BCUT2D eigenvalue weighted by atomic mass is 10.0. The number of hydrogen-bond acceptors (Lipinski definition) is 8. The van der Waals surface area contributed by atoms with Crippen molar-refractivity contribution in [3.63, 3.8) is 0 Å². The minimum Gasteiger partial charge on any atom is -0.462 e. The SMILES string of the molecule is CC/C=C\C/C=C\C/C=C\C/C=C\C/C=C\CCCCCCCCCCCCCCCCCCCCCCCCCC(=O)OC(COC(=O)CCCCCCCCCCCCCCCCCCCCCCCCCCCCC/C=C\C/C=C\CCCCCCC)COP(=O)(O)OCCN. The summed E-state index contributed by atoms with van der Waals surface area (Å²) in [6.45, 7) is 3.69. The fourth-order valence-corrected chi connectivity index (χ4v) is 13.7. The number of hydrogen-bond donors (Lipinski definition) is 2. The molecule has 0 saturated carbocycles. The largest absolute Gasteiger partial charge is 0.472 e. The van der Waals surface area contributed by atoms with E-state index >= 15 is 0 Å². The van der Waals surface area contributed by atoms with E-state index in [0.29, 0.717) is 6.42 Å². The van der Waals surface area contributed by atoms with Gasteiger partial charge in [0.25, 0.3) is 0 Å². The summed E-state index contributed by atoms with van der Waals surface area (Å²) < 4.78 is 33.3. The quantitative estimate of drug-likeness (QED) is 0.0264. The van der Waals surface area contributed by atoms with Crippen molar-refractivity contribution < 1.29 is 37.6 Å². The Balaban J connectivity index is 3.73. The lowest BCUT2D eigenvalue weighted by Crippen LogP contribution is -2.29. The molecule has 0 heterocycles. The Labute approximate surface area is 614 Å². The molecule has 3 N–H and O–H groups in total. The molecule has 0 aliphatic carbocycles. The molecule has 578 valence electrons. The van der Waals surface area contributed by atoms with Gasteiger partial charge in [0.15, 0.2) is 6.10 Å². The molecule has 0 spiro atoms. The third-order valence-electron chi connectivity index (χ3n) is 19.3. The van der Waals surface area contributed by atoms with Crippen LogP contribution in [0.25, 0.3) is 0 Å². The summed E-state index contributed by atoms with van der Waals surface area (Å²) in [5.41, 5.74) is 5.42. The van der Waals surface area contributed by atoms with E-state index in [2.05, 4.69) is 98.9 Å². The van der Waals surface area contributed by atoms with Crippen molar-refractivity contribution in [2.75, 3.05) is 26.4 Å². The fourth-order valence-electron chi connectivity index (χ4n) is 12.9. The first-order chi connectivity index (χ1) is 48.8. The number of esters is 2. The van der Waals surface area contributed by atoms with Gasteiger partial charge in [-0.1, -0.05) is 420 Å². The lowest BCUT2D eigenvalue weighted by Gasteiger charge is -2.19. The second-order valence-electron chi connectivity index (χ2n) is 29.0. The second-order valence-corrected chi connectivity index (χ2v) is 30.5. The summed E-state index contributed by atoms with van der Waals surface area (Å²) in [4.78, 5) is 35.5. The molecule has 10 heteroatoms. The Kier molecular flexibility index (Phi) is 81.7. The van der Waals surface area contributed by atoms with Gasteiger partial charge in [-0.25, -0.2) is 4.57 Å². The standard InChI is InChI=1S/C89H164NO8P/c1-3-5-7-9-11-13-15-17-19-21-23-25-27-29-31-33-35-37-39-41-43-45-47-49-51-53-55-57-59-61-63-65-67-69-71-73-75-77-79-81-88(91)95-85-87(86-97-99(93,94)96-84-83-90)98-89(92)82-80-78-76-74-72-70-68-66-64-62-60-58-56-54-52-50-48-46-44-42-40-38-36-34-32-30-28-26-24-22-20-18-16-14-12-10-8-6-4-2/h6,8,12,14-15,17-18,20-21,23-24,26,30,32,87H,3-5,7,9-11,13,16,19,22,25,27-29,31,33-86,90H2,1-2H3,(H,93,94)/b8-6-,14-12-,17-15-,20-18-,23-21-,26-24-,32-30-. The van der Waals surface area contributed by atoms with Crippen LogP contribution in [0.3, 0.4) is 0 Å². The van der Waals surface area contributed by atoms with Crippen LogP contribution in [0, 0.1) is 0 Å². The monoisotopic (exact) mass is 1410 g/mol. The highest BCUT2D eigenvalue weighted by atomic mass is 31.2. The van der Waals surface area contributed by atoms with Crippen molar-refractivity contribution in [3.8, 4) is 0 Å². The number of ether oxygens (including phenoxy) is 2. The highest BCUT2D eigenvalue weighted by Crippen LogP contribution is 2.43. The van der Waals surface area contributed by atoms with Crippen LogP contribution in [0.1, 0.15) is 438 Å². The van der Waals surface area contributed by atoms with E-state index in [9.17, 15) is 19.0 Å². The topological polar surface area (TPSA) is 134 Å². The molecule has 0 bridgehead atoms. The molecule has 0 radical (unpaired) electrons. The predicted octanol–water partition coefficient (Wildman–Crippen LogP) is 29.2. The highest BCUT2D eigenvalue weighted by molar-refractivity contribution is 7.47. The Hall–Kier alpha value is -2.81. The third-order valence-corrected chi connectivity index (χ3v) is 20.2.